The molecule has 0 bridgehead atoms. The lowest BCUT2D eigenvalue weighted by atomic mass is 10.2. The van der Waals surface area contributed by atoms with E-state index in [0.717, 1.165) is 30.5 Å². The molecule has 21 heavy (non-hydrogen) atoms. The Balaban J connectivity index is 1.42. The van der Waals surface area contributed by atoms with Gasteiger partial charge in [-0.1, -0.05) is 0 Å². The number of pyridine rings is 1. The number of esters is 1. The van der Waals surface area contributed by atoms with Crippen molar-refractivity contribution < 1.29 is 14.3 Å². The molecule has 4 rings (SSSR count). The first-order chi connectivity index (χ1) is 10.2. The molecule has 4 nitrogen and oxygen atoms in total. The standard InChI is InChI=1S/C16H15NO3S/c18-15(20-13-7-16(4-5-16)19-9-13)11-1-2-14(17-8-11)12-3-6-21-10-12/h1-3,6,8,10,13H,4-5,7,9H2. The zero-order chi connectivity index (χ0) is 14.3. The average Bonchev–Trinajstić information content (AvgIpc) is 2.92. The van der Waals surface area contributed by atoms with Gasteiger partial charge in [0.1, 0.15) is 6.10 Å². The zero-order valence-corrected chi connectivity index (χ0v) is 12.3. The third-order valence-corrected chi connectivity index (χ3v) is 4.76. The summed E-state index contributed by atoms with van der Waals surface area (Å²) in [5.74, 6) is -0.314. The van der Waals surface area contributed by atoms with Crippen molar-refractivity contribution in [2.45, 2.75) is 31.0 Å². The lowest BCUT2D eigenvalue weighted by Gasteiger charge is -2.10. The summed E-state index contributed by atoms with van der Waals surface area (Å²) >= 11 is 1.63. The van der Waals surface area contributed by atoms with Crippen LogP contribution in [0.4, 0.5) is 0 Å². The van der Waals surface area contributed by atoms with Gasteiger partial charge in [0.05, 0.1) is 23.5 Å². The van der Waals surface area contributed by atoms with E-state index in [4.69, 9.17) is 9.47 Å². The molecule has 2 aliphatic rings. The normalized spacial score (nSPS) is 22.4. The van der Waals surface area contributed by atoms with Crippen LogP contribution in [-0.2, 0) is 9.47 Å². The molecule has 1 saturated carbocycles. The summed E-state index contributed by atoms with van der Waals surface area (Å²) in [5.41, 5.74) is 2.46. The predicted molar refractivity (Wildman–Crippen MR) is 79.3 cm³/mol. The Morgan fingerprint density at radius 2 is 2.29 bits per heavy atom. The Morgan fingerprint density at radius 3 is 2.90 bits per heavy atom. The van der Waals surface area contributed by atoms with Gasteiger partial charge in [-0.25, -0.2) is 4.79 Å². The first-order valence-corrected chi connectivity index (χ1v) is 8.02. The molecule has 0 N–H and O–H groups in total. The van der Waals surface area contributed by atoms with Gasteiger partial charge < -0.3 is 9.47 Å². The van der Waals surface area contributed by atoms with Crippen LogP contribution in [0.15, 0.2) is 35.2 Å². The van der Waals surface area contributed by atoms with Crippen molar-refractivity contribution in [1.82, 2.24) is 4.98 Å². The molecule has 2 aromatic rings. The SMILES string of the molecule is O=C(OC1COC2(CC2)C1)c1ccc(-c2ccsc2)nc1. The van der Waals surface area contributed by atoms with Crippen molar-refractivity contribution in [2.75, 3.05) is 6.61 Å². The van der Waals surface area contributed by atoms with E-state index >= 15 is 0 Å². The zero-order valence-electron chi connectivity index (χ0n) is 11.5. The van der Waals surface area contributed by atoms with Gasteiger partial charge >= 0.3 is 5.97 Å². The average molecular weight is 301 g/mol. The lowest BCUT2D eigenvalue weighted by Crippen LogP contribution is -2.18. The summed E-state index contributed by atoms with van der Waals surface area (Å²) in [6, 6.07) is 5.63. The van der Waals surface area contributed by atoms with Crippen molar-refractivity contribution in [2.24, 2.45) is 0 Å². The Kier molecular flexibility index (Phi) is 3.05. The minimum Gasteiger partial charge on any atom is -0.456 e. The third kappa shape index (κ3) is 2.59. The third-order valence-electron chi connectivity index (χ3n) is 4.07. The van der Waals surface area contributed by atoms with Gasteiger partial charge in [-0.2, -0.15) is 11.3 Å². The molecular formula is C16H15NO3S. The molecule has 0 radical (unpaired) electrons. The van der Waals surface area contributed by atoms with Crippen molar-refractivity contribution in [1.29, 1.82) is 0 Å². The first kappa shape index (κ1) is 13.0. The van der Waals surface area contributed by atoms with E-state index in [2.05, 4.69) is 4.98 Å². The molecule has 0 aromatic carbocycles. The number of rotatable bonds is 3. The van der Waals surface area contributed by atoms with Crippen LogP contribution < -0.4 is 0 Å². The highest BCUT2D eigenvalue weighted by atomic mass is 32.1. The van der Waals surface area contributed by atoms with Gasteiger partial charge in [0.25, 0.3) is 0 Å². The maximum Gasteiger partial charge on any atom is 0.340 e. The monoisotopic (exact) mass is 301 g/mol. The highest BCUT2D eigenvalue weighted by molar-refractivity contribution is 7.08. The van der Waals surface area contributed by atoms with Crippen LogP contribution in [-0.4, -0.2) is 29.3 Å². The van der Waals surface area contributed by atoms with E-state index in [0.29, 0.717) is 12.2 Å². The van der Waals surface area contributed by atoms with Crippen molar-refractivity contribution in [3.8, 4) is 11.3 Å². The maximum absolute atomic E-state index is 12.1. The Morgan fingerprint density at radius 1 is 1.38 bits per heavy atom. The minimum absolute atomic E-state index is 0.0337. The highest BCUT2D eigenvalue weighted by Gasteiger charge is 2.51. The summed E-state index contributed by atoms with van der Waals surface area (Å²) in [6.07, 6.45) is 4.49. The van der Waals surface area contributed by atoms with E-state index in [9.17, 15) is 4.79 Å². The molecule has 1 saturated heterocycles. The number of ether oxygens (including phenoxy) is 2. The number of hydrogen-bond acceptors (Lipinski definition) is 5. The summed E-state index contributed by atoms with van der Waals surface area (Å²) < 4.78 is 11.2. The lowest BCUT2D eigenvalue weighted by molar-refractivity contribution is 0.0243. The molecule has 1 aliphatic carbocycles. The second-order valence-corrected chi connectivity index (χ2v) is 6.45. The van der Waals surface area contributed by atoms with Crippen LogP contribution in [0.25, 0.3) is 11.3 Å². The fourth-order valence-electron chi connectivity index (χ4n) is 2.68. The molecule has 1 aliphatic heterocycles. The molecule has 1 spiro atoms. The molecule has 3 heterocycles. The van der Waals surface area contributed by atoms with E-state index in [1.165, 1.54) is 0 Å². The molecule has 0 amide bonds. The number of thiophene rings is 1. The van der Waals surface area contributed by atoms with Crippen LogP contribution in [0.5, 0.6) is 0 Å². The van der Waals surface area contributed by atoms with Crippen LogP contribution in [0.2, 0.25) is 0 Å². The largest absolute Gasteiger partial charge is 0.456 e. The van der Waals surface area contributed by atoms with Crippen molar-refractivity contribution >= 4 is 17.3 Å². The Labute approximate surface area is 126 Å². The second kappa shape index (κ2) is 4.93. The number of aromatic nitrogens is 1. The van der Waals surface area contributed by atoms with E-state index < -0.39 is 0 Å². The molecule has 1 atom stereocenters. The fraction of sp³-hybridized carbons (Fsp3) is 0.375. The fourth-order valence-corrected chi connectivity index (χ4v) is 3.33. The van der Waals surface area contributed by atoms with Crippen LogP contribution in [0.1, 0.15) is 29.6 Å². The van der Waals surface area contributed by atoms with Crippen LogP contribution >= 0.6 is 11.3 Å². The van der Waals surface area contributed by atoms with Gasteiger partial charge in [-0.15, -0.1) is 0 Å². The van der Waals surface area contributed by atoms with E-state index in [-0.39, 0.29) is 17.7 Å². The maximum atomic E-state index is 12.1. The van der Waals surface area contributed by atoms with Gasteiger partial charge in [0, 0.05) is 23.6 Å². The van der Waals surface area contributed by atoms with E-state index in [1.807, 2.05) is 22.9 Å². The van der Waals surface area contributed by atoms with Gasteiger partial charge in [0.15, 0.2) is 0 Å². The smallest absolute Gasteiger partial charge is 0.340 e. The summed E-state index contributed by atoms with van der Waals surface area (Å²) in [4.78, 5) is 16.4. The first-order valence-electron chi connectivity index (χ1n) is 7.08. The molecule has 108 valence electrons. The molecular weight excluding hydrogens is 286 g/mol. The molecule has 2 aromatic heterocycles. The van der Waals surface area contributed by atoms with Crippen molar-refractivity contribution in [3.05, 3.63) is 40.7 Å². The summed E-state index contributed by atoms with van der Waals surface area (Å²) in [6.45, 7) is 0.520. The number of nitrogens with zero attached hydrogens (tertiary/aromatic N) is 1. The topological polar surface area (TPSA) is 48.4 Å². The minimum atomic E-state index is -0.314. The Hall–Kier alpha value is -1.72. The van der Waals surface area contributed by atoms with Crippen LogP contribution in [0, 0.1) is 0 Å². The molecule has 5 heteroatoms. The van der Waals surface area contributed by atoms with Gasteiger partial charge in [0.2, 0.25) is 0 Å². The highest BCUT2D eigenvalue weighted by Crippen LogP contribution is 2.48. The number of carbonyl (C=O) groups excluding carboxylic acids is 1. The number of carbonyl (C=O) groups is 1. The quantitative estimate of drug-likeness (QED) is 0.816. The van der Waals surface area contributed by atoms with Gasteiger partial charge in [-0.3, -0.25) is 4.98 Å². The van der Waals surface area contributed by atoms with Gasteiger partial charge in [-0.05, 0) is 36.4 Å². The second-order valence-electron chi connectivity index (χ2n) is 5.67. The number of hydrogen-bond donors (Lipinski definition) is 0. The van der Waals surface area contributed by atoms with E-state index in [1.54, 1.807) is 23.6 Å². The molecule has 1 unspecified atom stereocenters. The summed E-state index contributed by atoms with van der Waals surface area (Å²) in [7, 11) is 0. The van der Waals surface area contributed by atoms with Crippen LogP contribution in [0.3, 0.4) is 0 Å². The predicted octanol–water partition coefficient (Wildman–Crippen LogP) is 3.29. The Bertz CT molecular complexity index is 647. The molecule has 2 fully saturated rings. The summed E-state index contributed by atoms with van der Waals surface area (Å²) in [5, 5.41) is 4.04. The van der Waals surface area contributed by atoms with Crippen molar-refractivity contribution in [3.63, 3.8) is 0 Å².